The van der Waals surface area contributed by atoms with E-state index in [0.717, 1.165) is 37.9 Å². The Hall–Kier alpha value is -2.62. The summed E-state index contributed by atoms with van der Waals surface area (Å²) in [5.41, 5.74) is 3.02. The van der Waals surface area contributed by atoms with E-state index in [-0.39, 0.29) is 11.8 Å². The van der Waals surface area contributed by atoms with Crippen molar-refractivity contribution >= 4 is 17.5 Å². The minimum Gasteiger partial charge on any atom is -0.352 e. The Labute approximate surface area is 148 Å². The Kier molecular flexibility index (Phi) is 5.83. The zero-order valence-corrected chi connectivity index (χ0v) is 14.4. The van der Waals surface area contributed by atoms with Gasteiger partial charge >= 0.3 is 0 Å². The van der Waals surface area contributed by atoms with Crippen molar-refractivity contribution < 1.29 is 9.59 Å². The second-order valence-electron chi connectivity index (χ2n) is 6.36. The first-order valence-electron chi connectivity index (χ1n) is 8.97. The van der Waals surface area contributed by atoms with Crippen molar-refractivity contribution in [2.45, 2.75) is 32.1 Å². The van der Waals surface area contributed by atoms with E-state index < -0.39 is 0 Å². The lowest BCUT2D eigenvalue weighted by Crippen LogP contribution is -2.28. The molecule has 25 heavy (non-hydrogen) atoms. The lowest BCUT2D eigenvalue weighted by Gasteiger charge is -2.17. The van der Waals surface area contributed by atoms with Crippen LogP contribution >= 0.6 is 0 Å². The number of hydrogen-bond donors (Lipinski definition) is 1. The van der Waals surface area contributed by atoms with Gasteiger partial charge in [0.1, 0.15) is 0 Å². The molecule has 1 heterocycles. The molecule has 2 aromatic carbocycles. The van der Waals surface area contributed by atoms with Crippen LogP contribution in [0.1, 0.15) is 41.6 Å². The molecule has 1 aliphatic heterocycles. The summed E-state index contributed by atoms with van der Waals surface area (Å²) in [7, 11) is 0. The minimum absolute atomic E-state index is 0.0367. The first kappa shape index (κ1) is 17.2. The standard InChI is InChI=1S/C21H24N2O2/c24-20(23-16-14-17-9-6-7-12-19(17)23)13-5-2-8-15-22-21(25)18-10-3-1-4-11-18/h1,3-4,6-7,9-12H,2,5,8,13-16H2,(H,22,25). The van der Waals surface area contributed by atoms with E-state index in [9.17, 15) is 9.59 Å². The number of carbonyl (C=O) groups is 2. The van der Waals surface area contributed by atoms with Gasteiger partial charge in [0.2, 0.25) is 5.91 Å². The van der Waals surface area contributed by atoms with Gasteiger partial charge in [0, 0.05) is 30.8 Å². The number of fused-ring (bicyclic) bond motifs is 1. The largest absolute Gasteiger partial charge is 0.352 e. The number of amides is 2. The van der Waals surface area contributed by atoms with Gasteiger partial charge in [-0.2, -0.15) is 0 Å². The average molecular weight is 336 g/mol. The molecule has 0 unspecified atom stereocenters. The second-order valence-corrected chi connectivity index (χ2v) is 6.36. The molecule has 4 heteroatoms. The highest BCUT2D eigenvalue weighted by molar-refractivity contribution is 5.95. The Bertz CT molecular complexity index is 728. The number of anilines is 1. The summed E-state index contributed by atoms with van der Waals surface area (Å²) >= 11 is 0. The molecule has 130 valence electrons. The number of carbonyl (C=O) groups excluding carboxylic acids is 2. The molecule has 2 aromatic rings. The molecule has 2 amide bonds. The Balaban J connectivity index is 1.33. The number of benzene rings is 2. The molecule has 0 atom stereocenters. The molecule has 0 radical (unpaired) electrons. The summed E-state index contributed by atoms with van der Waals surface area (Å²) < 4.78 is 0. The second kappa shape index (κ2) is 8.47. The quantitative estimate of drug-likeness (QED) is 0.786. The number of nitrogens with one attached hydrogen (secondary N) is 1. The maximum absolute atomic E-state index is 12.4. The van der Waals surface area contributed by atoms with Crippen molar-refractivity contribution in [1.82, 2.24) is 5.32 Å². The summed E-state index contributed by atoms with van der Waals surface area (Å²) in [4.78, 5) is 26.2. The molecule has 1 aliphatic rings. The summed E-state index contributed by atoms with van der Waals surface area (Å²) in [6.07, 6.45) is 4.21. The van der Waals surface area contributed by atoms with Crippen molar-refractivity contribution in [3.05, 3.63) is 65.7 Å². The molecular weight excluding hydrogens is 312 g/mol. The number of unbranched alkanes of at least 4 members (excludes halogenated alkanes) is 2. The Morgan fingerprint density at radius 1 is 0.920 bits per heavy atom. The Morgan fingerprint density at radius 2 is 1.68 bits per heavy atom. The third-order valence-corrected chi connectivity index (χ3v) is 4.58. The van der Waals surface area contributed by atoms with E-state index in [1.807, 2.05) is 53.4 Å². The fourth-order valence-electron chi connectivity index (χ4n) is 3.20. The number of para-hydroxylation sites is 1. The smallest absolute Gasteiger partial charge is 0.251 e. The predicted molar refractivity (Wildman–Crippen MR) is 99.7 cm³/mol. The lowest BCUT2D eigenvalue weighted by molar-refractivity contribution is -0.118. The molecule has 0 saturated carbocycles. The van der Waals surface area contributed by atoms with Gasteiger partial charge in [-0.25, -0.2) is 0 Å². The van der Waals surface area contributed by atoms with Gasteiger partial charge in [-0.3, -0.25) is 9.59 Å². The highest BCUT2D eigenvalue weighted by atomic mass is 16.2. The molecule has 0 spiro atoms. The van der Waals surface area contributed by atoms with Crippen LogP contribution in [0.25, 0.3) is 0 Å². The third-order valence-electron chi connectivity index (χ3n) is 4.58. The first-order valence-corrected chi connectivity index (χ1v) is 8.97. The van der Waals surface area contributed by atoms with Crippen LogP contribution in [-0.4, -0.2) is 24.9 Å². The van der Waals surface area contributed by atoms with E-state index in [2.05, 4.69) is 11.4 Å². The molecule has 0 aliphatic carbocycles. The van der Waals surface area contributed by atoms with Gasteiger partial charge in [-0.05, 0) is 43.0 Å². The molecule has 4 nitrogen and oxygen atoms in total. The number of rotatable bonds is 7. The summed E-state index contributed by atoms with van der Waals surface area (Å²) in [6, 6.07) is 17.4. The maximum atomic E-state index is 12.4. The molecule has 0 fully saturated rings. The van der Waals surface area contributed by atoms with Gasteiger partial charge in [0.05, 0.1) is 0 Å². The van der Waals surface area contributed by atoms with Crippen molar-refractivity contribution in [1.29, 1.82) is 0 Å². The van der Waals surface area contributed by atoms with Crippen molar-refractivity contribution in [3.8, 4) is 0 Å². The van der Waals surface area contributed by atoms with Crippen molar-refractivity contribution in [2.75, 3.05) is 18.0 Å². The van der Waals surface area contributed by atoms with Gasteiger partial charge in [0.25, 0.3) is 5.91 Å². The van der Waals surface area contributed by atoms with Gasteiger partial charge in [-0.15, -0.1) is 0 Å². The van der Waals surface area contributed by atoms with Crippen LogP contribution in [0.5, 0.6) is 0 Å². The zero-order chi connectivity index (χ0) is 17.5. The van der Waals surface area contributed by atoms with E-state index in [4.69, 9.17) is 0 Å². The molecule has 0 bridgehead atoms. The summed E-state index contributed by atoms with van der Waals surface area (Å²) in [5.74, 6) is 0.170. The van der Waals surface area contributed by atoms with E-state index >= 15 is 0 Å². The van der Waals surface area contributed by atoms with Gasteiger partial charge in [-0.1, -0.05) is 42.8 Å². The van der Waals surface area contributed by atoms with Gasteiger partial charge < -0.3 is 10.2 Å². The van der Waals surface area contributed by atoms with E-state index in [1.54, 1.807) is 0 Å². The molecule has 3 rings (SSSR count). The third kappa shape index (κ3) is 4.47. The van der Waals surface area contributed by atoms with Crippen LogP contribution < -0.4 is 10.2 Å². The topological polar surface area (TPSA) is 49.4 Å². The van der Waals surface area contributed by atoms with Gasteiger partial charge in [0.15, 0.2) is 0 Å². The highest BCUT2D eigenvalue weighted by Gasteiger charge is 2.23. The fourth-order valence-corrected chi connectivity index (χ4v) is 3.20. The molecule has 0 aromatic heterocycles. The van der Waals surface area contributed by atoms with Crippen LogP contribution in [0.15, 0.2) is 54.6 Å². The Morgan fingerprint density at radius 3 is 2.52 bits per heavy atom. The fraction of sp³-hybridized carbons (Fsp3) is 0.333. The first-order chi connectivity index (χ1) is 12.3. The summed E-state index contributed by atoms with van der Waals surface area (Å²) in [6.45, 7) is 1.44. The maximum Gasteiger partial charge on any atom is 0.251 e. The van der Waals surface area contributed by atoms with Crippen molar-refractivity contribution in [3.63, 3.8) is 0 Å². The van der Waals surface area contributed by atoms with Crippen LogP contribution in [0, 0.1) is 0 Å². The van der Waals surface area contributed by atoms with Crippen LogP contribution in [0.2, 0.25) is 0 Å². The number of hydrogen-bond acceptors (Lipinski definition) is 2. The monoisotopic (exact) mass is 336 g/mol. The molecular formula is C21H24N2O2. The SMILES string of the molecule is O=C(NCCCCCC(=O)N1CCc2ccccc21)c1ccccc1. The lowest BCUT2D eigenvalue weighted by atomic mass is 10.1. The molecule has 0 saturated heterocycles. The molecule has 1 N–H and O–H groups in total. The van der Waals surface area contributed by atoms with Crippen LogP contribution in [0.4, 0.5) is 5.69 Å². The summed E-state index contributed by atoms with van der Waals surface area (Å²) in [5, 5.41) is 2.92. The van der Waals surface area contributed by atoms with E-state index in [0.29, 0.717) is 18.5 Å². The number of nitrogens with zero attached hydrogens (tertiary/aromatic N) is 1. The van der Waals surface area contributed by atoms with E-state index in [1.165, 1.54) is 5.56 Å². The normalized spacial score (nSPS) is 12.7. The van der Waals surface area contributed by atoms with Crippen LogP contribution in [-0.2, 0) is 11.2 Å². The zero-order valence-electron chi connectivity index (χ0n) is 14.4. The minimum atomic E-state index is -0.0367. The van der Waals surface area contributed by atoms with Crippen molar-refractivity contribution in [2.24, 2.45) is 0 Å². The predicted octanol–water partition coefficient (Wildman–Crippen LogP) is 3.57. The van der Waals surface area contributed by atoms with Crippen LogP contribution in [0.3, 0.4) is 0 Å². The average Bonchev–Trinajstić information content (AvgIpc) is 3.09. The highest BCUT2D eigenvalue weighted by Crippen LogP contribution is 2.28.